The quantitative estimate of drug-likeness (QED) is 0.277. The van der Waals surface area contributed by atoms with Gasteiger partial charge in [-0.05, 0) is 49.8 Å². The first-order chi connectivity index (χ1) is 16.0. The van der Waals surface area contributed by atoms with Crippen LogP contribution in [0.3, 0.4) is 0 Å². The first-order valence-electron chi connectivity index (χ1n) is 11.9. The first-order valence-corrected chi connectivity index (χ1v) is 11.9. The van der Waals surface area contributed by atoms with Crippen LogP contribution in [0.1, 0.15) is 49.9 Å². The summed E-state index contributed by atoms with van der Waals surface area (Å²) in [6, 6.07) is 21.5. The number of fused-ring (bicyclic) bond motifs is 3. The van der Waals surface area contributed by atoms with Gasteiger partial charge in [0.25, 0.3) is 0 Å². The molecule has 2 aromatic heterocycles. The molecule has 0 radical (unpaired) electrons. The fourth-order valence-electron chi connectivity index (χ4n) is 4.41. The number of nitrogens with zero attached hydrogens (tertiary/aromatic N) is 3. The molecule has 0 unspecified atom stereocenters. The molecule has 0 saturated heterocycles. The van der Waals surface area contributed by atoms with E-state index in [1.807, 2.05) is 27.7 Å². The van der Waals surface area contributed by atoms with E-state index in [2.05, 4.69) is 109 Å². The van der Waals surface area contributed by atoms with Gasteiger partial charge in [-0.25, -0.2) is 0 Å². The average Bonchev–Trinajstić information content (AvgIpc) is 3.26. The molecule has 0 spiro atoms. The van der Waals surface area contributed by atoms with E-state index in [9.17, 15) is 0 Å². The molecule has 0 fully saturated rings. The molecule has 5 aromatic rings. The normalized spacial score (nSPS) is 10.4. The Morgan fingerprint density at radius 1 is 0.636 bits per heavy atom. The Labute approximate surface area is 198 Å². The lowest BCUT2D eigenvalue weighted by Gasteiger charge is -2.15. The van der Waals surface area contributed by atoms with Crippen molar-refractivity contribution in [3.63, 3.8) is 0 Å². The molecule has 0 aliphatic heterocycles. The van der Waals surface area contributed by atoms with Gasteiger partial charge in [0.2, 0.25) is 0 Å². The van der Waals surface area contributed by atoms with Crippen molar-refractivity contribution in [1.82, 2.24) is 14.6 Å². The summed E-state index contributed by atoms with van der Waals surface area (Å²) in [5.41, 5.74) is 9.57. The number of hydrogen-bond donors (Lipinski definition) is 0. The molecule has 0 amide bonds. The van der Waals surface area contributed by atoms with Crippen molar-refractivity contribution in [2.24, 2.45) is 0 Å². The number of pyridine rings is 1. The molecule has 3 aromatic carbocycles. The summed E-state index contributed by atoms with van der Waals surface area (Å²) in [6.07, 6.45) is 2.21. The minimum Gasteiger partial charge on any atom is -0.281 e. The minimum atomic E-state index is 0.870. The van der Waals surface area contributed by atoms with E-state index in [0.29, 0.717) is 0 Å². The van der Waals surface area contributed by atoms with Crippen LogP contribution in [0, 0.1) is 27.7 Å². The Balaban J connectivity index is 0.000000728. The van der Waals surface area contributed by atoms with Gasteiger partial charge >= 0.3 is 0 Å². The highest BCUT2D eigenvalue weighted by Gasteiger charge is 2.17. The highest BCUT2D eigenvalue weighted by atomic mass is 15.2. The van der Waals surface area contributed by atoms with Crippen molar-refractivity contribution in [3.8, 4) is 22.5 Å². The molecule has 5 rings (SSSR count). The van der Waals surface area contributed by atoms with E-state index in [0.717, 1.165) is 22.4 Å². The van der Waals surface area contributed by atoms with Gasteiger partial charge in [-0.1, -0.05) is 99.5 Å². The molecule has 0 atom stereocenters. The summed E-state index contributed by atoms with van der Waals surface area (Å²) in [6.45, 7) is 16.6. The molecule has 0 saturated carbocycles. The maximum atomic E-state index is 4.55. The first kappa shape index (κ1) is 24.2. The summed E-state index contributed by atoms with van der Waals surface area (Å²) < 4.78 is 2.14. The van der Waals surface area contributed by atoms with Crippen LogP contribution in [0.2, 0.25) is 0 Å². The van der Waals surface area contributed by atoms with Crippen LogP contribution in [-0.4, -0.2) is 14.6 Å². The van der Waals surface area contributed by atoms with E-state index >= 15 is 0 Å². The van der Waals surface area contributed by atoms with Crippen LogP contribution >= 0.6 is 0 Å². The maximum Gasteiger partial charge on any atom is 0.169 e. The van der Waals surface area contributed by atoms with Crippen molar-refractivity contribution in [2.45, 2.75) is 55.4 Å². The third-order valence-electron chi connectivity index (χ3n) is 5.67. The van der Waals surface area contributed by atoms with Gasteiger partial charge in [-0.3, -0.25) is 4.40 Å². The monoisotopic (exact) mass is 437 g/mol. The van der Waals surface area contributed by atoms with Crippen LogP contribution in [-0.2, 0) is 0 Å². The van der Waals surface area contributed by atoms with Crippen molar-refractivity contribution < 1.29 is 0 Å². The SMILES string of the molecule is CC.CC.Cc1ccc(-c2nnc3c4ccccc4c(-c4c(C)cc(C)cc4C)cn23)cc1. The van der Waals surface area contributed by atoms with Crippen LogP contribution in [0.25, 0.3) is 38.9 Å². The predicted molar refractivity (Wildman–Crippen MR) is 143 cm³/mol. The van der Waals surface area contributed by atoms with E-state index in [1.54, 1.807) is 0 Å². The Hall–Kier alpha value is -3.46. The summed E-state index contributed by atoms with van der Waals surface area (Å²) in [4.78, 5) is 0. The molecule has 0 aliphatic rings. The predicted octanol–water partition coefficient (Wildman–Crippen LogP) is 8.50. The Bertz CT molecular complexity index is 1350. The van der Waals surface area contributed by atoms with Gasteiger partial charge < -0.3 is 0 Å². The number of aromatic nitrogens is 3. The summed E-state index contributed by atoms with van der Waals surface area (Å²) in [5.74, 6) is 0.870. The molecule has 3 nitrogen and oxygen atoms in total. The topological polar surface area (TPSA) is 30.2 Å². The van der Waals surface area contributed by atoms with Crippen LogP contribution in [0.5, 0.6) is 0 Å². The molecule has 170 valence electrons. The zero-order chi connectivity index (χ0) is 24.1. The van der Waals surface area contributed by atoms with Gasteiger partial charge in [0.05, 0.1) is 0 Å². The van der Waals surface area contributed by atoms with E-state index in [-0.39, 0.29) is 0 Å². The van der Waals surface area contributed by atoms with Gasteiger partial charge in [0.1, 0.15) is 0 Å². The van der Waals surface area contributed by atoms with Crippen molar-refractivity contribution in [1.29, 1.82) is 0 Å². The Morgan fingerprint density at radius 3 is 1.82 bits per heavy atom. The van der Waals surface area contributed by atoms with Gasteiger partial charge in [-0.15, -0.1) is 10.2 Å². The smallest absolute Gasteiger partial charge is 0.169 e. The van der Waals surface area contributed by atoms with E-state index < -0.39 is 0 Å². The van der Waals surface area contributed by atoms with Crippen LogP contribution < -0.4 is 0 Å². The third-order valence-corrected chi connectivity index (χ3v) is 5.67. The molecule has 2 heterocycles. The van der Waals surface area contributed by atoms with Crippen molar-refractivity contribution >= 4 is 16.4 Å². The summed E-state index contributed by atoms with van der Waals surface area (Å²) >= 11 is 0. The lowest BCUT2D eigenvalue weighted by Crippen LogP contribution is -1.96. The number of hydrogen-bond acceptors (Lipinski definition) is 2. The second kappa shape index (κ2) is 10.4. The molecule has 0 bridgehead atoms. The lowest BCUT2D eigenvalue weighted by atomic mass is 9.92. The summed E-state index contributed by atoms with van der Waals surface area (Å²) in [7, 11) is 0. The van der Waals surface area contributed by atoms with E-state index in [1.165, 1.54) is 38.8 Å². The average molecular weight is 438 g/mol. The number of rotatable bonds is 2. The molecule has 0 N–H and O–H groups in total. The molecule has 3 heteroatoms. The highest BCUT2D eigenvalue weighted by Crippen LogP contribution is 2.36. The van der Waals surface area contributed by atoms with Crippen molar-refractivity contribution in [2.75, 3.05) is 0 Å². The zero-order valence-corrected chi connectivity index (χ0v) is 21.2. The van der Waals surface area contributed by atoms with Crippen LogP contribution in [0.15, 0.2) is 66.9 Å². The van der Waals surface area contributed by atoms with Gasteiger partial charge in [0.15, 0.2) is 11.5 Å². The third kappa shape index (κ3) is 4.54. The van der Waals surface area contributed by atoms with Crippen LogP contribution in [0.4, 0.5) is 0 Å². The molecule has 33 heavy (non-hydrogen) atoms. The zero-order valence-electron chi connectivity index (χ0n) is 21.2. The standard InChI is InChI=1S/C26H23N3.2C2H6/c1-16-9-11-20(12-10-16)25-27-28-26-22-8-6-5-7-21(22)23(15-29(25)26)24-18(3)13-17(2)14-19(24)4;2*1-2/h5-15H,1-4H3;2*1-2H3. The fraction of sp³-hybridized carbons (Fsp3) is 0.267. The van der Waals surface area contributed by atoms with E-state index in [4.69, 9.17) is 0 Å². The minimum absolute atomic E-state index is 0.870. The fourth-order valence-corrected chi connectivity index (χ4v) is 4.41. The Kier molecular flexibility index (Phi) is 7.65. The molecule has 0 aliphatic carbocycles. The van der Waals surface area contributed by atoms with Gasteiger partial charge in [0, 0.05) is 22.7 Å². The summed E-state index contributed by atoms with van der Waals surface area (Å²) in [5, 5.41) is 11.4. The lowest BCUT2D eigenvalue weighted by molar-refractivity contribution is 1.11. The Morgan fingerprint density at radius 2 is 1.21 bits per heavy atom. The number of benzene rings is 3. The number of aryl methyl sites for hydroxylation is 4. The largest absolute Gasteiger partial charge is 0.281 e. The van der Waals surface area contributed by atoms with Gasteiger partial charge in [-0.2, -0.15) is 0 Å². The second-order valence-electron chi connectivity index (χ2n) is 7.95. The highest BCUT2D eigenvalue weighted by molar-refractivity contribution is 6.04. The second-order valence-corrected chi connectivity index (χ2v) is 7.95. The van der Waals surface area contributed by atoms with Crippen molar-refractivity contribution in [3.05, 3.63) is 89.1 Å². The molecular formula is C30H35N3. The molecular weight excluding hydrogens is 402 g/mol. The maximum absolute atomic E-state index is 4.55.